The number of aryl methyl sites for hydroxylation is 2. The van der Waals surface area contributed by atoms with Crippen molar-refractivity contribution < 1.29 is 4.79 Å². The molecule has 1 aliphatic heterocycles. The average Bonchev–Trinajstić information content (AvgIpc) is 3.49. The third-order valence-corrected chi connectivity index (χ3v) is 7.26. The Morgan fingerprint density at radius 3 is 2.94 bits per heavy atom. The van der Waals surface area contributed by atoms with E-state index in [2.05, 4.69) is 21.4 Å². The van der Waals surface area contributed by atoms with Crippen LogP contribution in [0.15, 0.2) is 42.6 Å². The molecule has 2 aromatic heterocycles. The Kier molecular flexibility index (Phi) is 5.69. The summed E-state index contributed by atoms with van der Waals surface area (Å²) in [7, 11) is 0. The van der Waals surface area contributed by atoms with Crippen LogP contribution in [0.1, 0.15) is 28.2 Å². The van der Waals surface area contributed by atoms with Crippen molar-refractivity contribution in [2.75, 3.05) is 13.1 Å². The van der Waals surface area contributed by atoms with Crippen LogP contribution in [-0.2, 0) is 17.6 Å². The van der Waals surface area contributed by atoms with E-state index >= 15 is 0 Å². The lowest BCUT2D eigenvalue weighted by Gasteiger charge is -2.17. The predicted octanol–water partition coefficient (Wildman–Crippen LogP) is 4.78. The zero-order valence-corrected chi connectivity index (χ0v) is 19.7. The van der Waals surface area contributed by atoms with Crippen molar-refractivity contribution in [1.82, 2.24) is 24.9 Å². The van der Waals surface area contributed by atoms with Crippen LogP contribution in [0.3, 0.4) is 0 Å². The molecular formula is C24H24ClN5OS. The second-order valence-electron chi connectivity index (χ2n) is 8.51. The van der Waals surface area contributed by atoms with Gasteiger partial charge in [0.25, 0.3) is 0 Å². The van der Waals surface area contributed by atoms with Gasteiger partial charge >= 0.3 is 0 Å². The molecular weight excluding hydrogens is 442 g/mol. The molecule has 1 saturated heterocycles. The number of nitrogens with zero attached hydrogens (tertiary/aromatic N) is 5. The van der Waals surface area contributed by atoms with Crippen molar-refractivity contribution in [3.8, 4) is 5.69 Å². The lowest BCUT2D eigenvalue weighted by atomic mass is 10.0. The summed E-state index contributed by atoms with van der Waals surface area (Å²) in [4.78, 5) is 19.2. The number of carbonyl (C=O) groups excluding carboxylic acids is 1. The Balaban J connectivity index is 1.21. The van der Waals surface area contributed by atoms with Gasteiger partial charge < -0.3 is 4.90 Å². The van der Waals surface area contributed by atoms with Crippen LogP contribution < -0.4 is 0 Å². The smallest absolute Gasteiger partial charge is 0.227 e. The molecule has 1 aliphatic rings. The molecule has 6 nitrogen and oxygen atoms in total. The van der Waals surface area contributed by atoms with Gasteiger partial charge in [-0.3, -0.25) is 4.79 Å². The van der Waals surface area contributed by atoms with Gasteiger partial charge in [0, 0.05) is 18.1 Å². The summed E-state index contributed by atoms with van der Waals surface area (Å²) in [5.74, 6) is 0.527. The van der Waals surface area contributed by atoms with E-state index in [0.717, 1.165) is 63.7 Å². The summed E-state index contributed by atoms with van der Waals surface area (Å²) in [6, 6.07) is 12.0. The molecule has 1 unspecified atom stereocenters. The molecule has 0 spiro atoms. The van der Waals surface area contributed by atoms with E-state index in [9.17, 15) is 4.79 Å². The van der Waals surface area contributed by atoms with E-state index in [-0.39, 0.29) is 5.91 Å². The number of hydrogen-bond donors (Lipinski definition) is 0. The number of thiazole rings is 1. The number of halogens is 1. The Morgan fingerprint density at radius 2 is 2.09 bits per heavy atom. The van der Waals surface area contributed by atoms with Crippen LogP contribution in [0.2, 0.25) is 5.02 Å². The highest BCUT2D eigenvalue weighted by Crippen LogP contribution is 2.26. The Morgan fingerprint density at radius 1 is 1.22 bits per heavy atom. The summed E-state index contributed by atoms with van der Waals surface area (Å²) in [6.07, 6.45) is 4.14. The number of aromatic nitrogens is 4. The normalized spacial score (nSPS) is 16.2. The van der Waals surface area contributed by atoms with E-state index in [4.69, 9.17) is 11.6 Å². The fourth-order valence-corrected chi connectivity index (χ4v) is 5.44. The van der Waals surface area contributed by atoms with Crippen LogP contribution in [0.25, 0.3) is 15.9 Å². The molecule has 1 fully saturated rings. The molecule has 0 aliphatic carbocycles. The number of rotatable bonds is 5. The van der Waals surface area contributed by atoms with Gasteiger partial charge in [-0.2, -0.15) is 0 Å². The van der Waals surface area contributed by atoms with Crippen molar-refractivity contribution >= 4 is 39.1 Å². The fraction of sp³-hybridized carbons (Fsp3) is 0.333. The maximum atomic E-state index is 12.8. The van der Waals surface area contributed by atoms with Crippen LogP contribution in [0, 0.1) is 19.8 Å². The quantitative estimate of drug-likeness (QED) is 0.425. The maximum Gasteiger partial charge on any atom is 0.227 e. The summed E-state index contributed by atoms with van der Waals surface area (Å²) in [6.45, 7) is 5.55. The fourth-order valence-electron chi connectivity index (χ4n) is 4.28. The van der Waals surface area contributed by atoms with Crippen molar-refractivity contribution in [2.45, 2.75) is 33.1 Å². The minimum Gasteiger partial charge on any atom is -0.342 e. The highest BCUT2D eigenvalue weighted by Gasteiger charge is 2.27. The van der Waals surface area contributed by atoms with Crippen molar-refractivity contribution in [1.29, 1.82) is 0 Å². The van der Waals surface area contributed by atoms with E-state index in [0.29, 0.717) is 17.4 Å². The molecule has 2 aromatic carbocycles. The van der Waals surface area contributed by atoms with Gasteiger partial charge in [0.15, 0.2) is 0 Å². The lowest BCUT2D eigenvalue weighted by Crippen LogP contribution is -2.30. The molecule has 1 atom stereocenters. The first kappa shape index (κ1) is 21.1. The van der Waals surface area contributed by atoms with Gasteiger partial charge in [-0.1, -0.05) is 28.9 Å². The van der Waals surface area contributed by atoms with Crippen LogP contribution >= 0.6 is 22.9 Å². The second kappa shape index (κ2) is 8.64. The van der Waals surface area contributed by atoms with Crippen molar-refractivity contribution in [3.63, 3.8) is 0 Å². The summed E-state index contributed by atoms with van der Waals surface area (Å²) in [5, 5.41) is 10.4. The van der Waals surface area contributed by atoms with Gasteiger partial charge in [0.05, 0.1) is 39.2 Å². The number of likely N-dealkylation sites (tertiary alicyclic amines) is 1. The zero-order chi connectivity index (χ0) is 22.2. The molecule has 0 bridgehead atoms. The molecule has 0 saturated carbocycles. The Bertz CT molecular complexity index is 1300. The number of hydrogen-bond acceptors (Lipinski definition) is 5. The topological polar surface area (TPSA) is 63.9 Å². The largest absolute Gasteiger partial charge is 0.342 e. The predicted molar refractivity (Wildman–Crippen MR) is 128 cm³/mol. The molecule has 8 heteroatoms. The Hall–Kier alpha value is -2.77. The first-order chi connectivity index (χ1) is 15.4. The molecule has 1 amide bonds. The van der Waals surface area contributed by atoms with Crippen LogP contribution in [0.4, 0.5) is 0 Å². The Labute approximate surface area is 195 Å². The minimum atomic E-state index is 0.134. The monoisotopic (exact) mass is 465 g/mol. The highest BCUT2D eigenvalue weighted by molar-refractivity contribution is 7.18. The van der Waals surface area contributed by atoms with E-state index in [1.165, 1.54) is 0 Å². The SMILES string of the molecule is Cc1ccc(CC(=O)N2CCC(Cc3cn(-c4ccc5nc(C)sc5c4)nn3)C2)c(Cl)c1. The molecule has 5 rings (SSSR count). The third kappa shape index (κ3) is 4.40. The van der Waals surface area contributed by atoms with E-state index in [1.807, 2.05) is 60.0 Å². The van der Waals surface area contributed by atoms with Crippen LogP contribution in [-0.4, -0.2) is 43.9 Å². The molecule has 164 valence electrons. The summed E-state index contributed by atoms with van der Waals surface area (Å²) >= 11 is 7.99. The van der Waals surface area contributed by atoms with E-state index < -0.39 is 0 Å². The first-order valence-electron chi connectivity index (χ1n) is 10.8. The number of fused-ring (bicyclic) bond motifs is 1. The number of benzene rings is 2. The molecule has 0 N–H and O–H groups in total. The van der Waals surface area contributed by atoms with Crippen LogP contribution in [0.5, 0.6) is 0 Å². The van der Waals surface area contributed by atoms with Gasteiger partial charge in [0.1, 0.15) is 0 Å². The van der Waals surface area contributed by atoms with Crippen molar-refractivity contribution in [2.24, 2.45) is 5.92 Å². The van der Waals surface area contributed by atoms with Gasteiger partial charge in [-0.15, -0.1) is 16.4 Å². The summed E-state index contributed by atoms with van der Waals surface area (Å²) in [5.41, 5.74) is 4.94. The molecule has 3 heterocycles. The molecule has 4 aromatic rings. The average molecular weight is 466 g/mol. The number of amides is 1. The minimum absolute atomic E-state index is 0.134. The number of carbonyl (C=O) groups is 1. The van der Waals surface area contributed by atoms with Crippen molar-refractivity contribution in [3.05, 3.63) is 69.4 Å². The molecule has 0 radical (unpaired) electrons. The second-order valence-corrected chi connectivity index (χ2v) is 10.2. The first-order valence-corrected chi connectivity index (χ1v) is 12.0. The third-order valence-electron chi connectivity index (χ3n) is 5.97. The van der Waals surface area contributed by atoms with Gasteiger partial charge in [0.2, 0.25) is 5.91 Å². The standard InChI is InChI=1S/C24H24ClN5OS/c1-15-3-4-18(21(25)9-15)11-24(31)29-8-7-17(13-29)10-19-14-30(28-27-19)20-5-6-22-23(12-20)32-16(2)26-22/h3-6,9,12,14,17H,7-8,10-11,13H2,1-2H3. The lowest BCUT2D eigenvalue weighted by molar-refractivity contribution is -0.129. The van der Waals surface area contributed by atoms with Gasteiger partial charge in [-0.05, 0) is 68.0 Å². The zero-order valence-electron chi connectivity index (χ0n) is 18.1. The van der Waals surface area contributed by atoms with E-state index in [1.54, 1.807) is 11.3 Å². The maximum absolute atomic E-state index is 12.8. The highest BCUT2D eigenvalue weighted by atomic mass is 35.5. The van der Waals surface area contributed by atoms with Gasteiger partial charge in [-0.25, -0.2) is 9.67 Å². The molecule has 32 heavy (non-hydrogen) atoms. The summed E-state index contributed by atoms with van der Waals surface area (Å²) < 4.78 is 2.97.